The van der Waals surface area contributed by atoms with Crippen LogP contribution in [0.4, 0.5) is 0 Å². The maximum atomic E-state index is 13.0. The predicted octanol–water partition coefficient (Wildman–Crippen LogP) is 2.84. The fourth-order valence-electron chi connectivity index (χ4n) is 4.76. The van der Waals surface area contributed by atoms with E-state index in [1.165, 1.54) is 12.1 Å². The van der Waals surface area contributed by atoms with Gasteiger partial charge in [-0.1, -0.05) is 48.0 Å². The minimum Gasteiger partial charge on any atom is -0.385 e. The van der Waals surface area contributed by atoms with Crippen molar-refractivity contribution in [3.63, 3.8) is 0 Å². The molecule has 2 aromatic carbocycles. The molecule has 2 heterocycles. The number of aryl methyl sites for hydroxylation is 1. The minimum atomic E-state index is -4.10. The Labute approximate surface area is 193 Å². The first-order chi connectivity index (χ1) is 15.6. The van der Waals surface area contributed by atoms with E-state index in [0.29, 0.717) is 0 Å². The van der Waals surface area contributed by atoms with E-state index in [1.807, 2.05) is 37.3 Å². The maximum absolute atomic E-state index is 13.0. The van der Waals surface area contributed by atoms with E-state index in [2.05, 4.69) is 0 Å². The molecular formula is C24H28O8S. The summed E-state index contributed by atoms with van der Waals surface area (Å²) < 4.78 is 55.8. The van der Waals surface area contributed by atoms with Crippen molar-refractivity contribution in [2.45, 2.75) is 74.2 Å². The average Bonchev–Trinajstić information content (AvgIpc) is 3.09. The number of aliphatic hydroxyl groups is 1. The lowest BCUT2D eigenvalue weighted by molar-refractivity contribution is -0.330. The van der Waals surface area contributed by atoms with Crippen LogP contribution >= 0.6 is 0 Å². The van der Waals surface area contributed by atoms with E-state index >= 15 is 0 Å². The summed E-state index contributed by atoms with van der Waals surface area (Å²) in [6, 6.07) is 15.8. The summed E-state index contributed by atoms with van der Waals surface area (Å²) in [5.41, 5.74) is 0.237. The van der Waals surface area contributed by atoms with Crippen molar-refractivity contribution in [3.05, 3.63) is 65.7 Å². The number of hydrogen-bond acceptors (Lipinski definition) is 8. The van der Waals surface area contributed by atoms with Crippen LogP contribution in [0.3, 0.4) is 0 Å². The van der Waals surface area contributed by atoms with Crippen molar-refractivity contribution < 1.29 is 36.7 Å². The zero-order chi connectivity index (χ0) is 23.4. The Balaban J connectivity index is 1.43. The Morgan fingerprint density at radius 3 is 2.36 bits per heavy atom. The van der Waals surface area contributed by atoms with Gasteiger partial charge in [0, 0.05) is 12.0 Å². The Morgan fingerprint density at radius 1 is 1.00 bits per heavy atom. The molecule has 3 fully saturated rings. The van der Waals surface area contributed by atoms with Gasteiger partial charge in [0.25, 0.3) is 10.1 Å². The molecular weight excluding hydrogens is 448 g/mol. The molecule has 2 aliphatic heterocycles. The van der Waals surface area contributed by atoms with E-state index in [0.717, 1.165) is 11.1 Å². The van der Waals surface area contributed by atoms with Crippen molar-refractivity contribution in [2.24, 2.45) is 0 Å². The van der Waals surface area contributed by atoms with Crippen LogP contribution in [-0.4, -0.2) is 55.9 Å². The molecule has 2 aromatic rings. The van der Waals surface area contributed by atoms with Gasteiger partial charge >= 0.3 is 0 Å². The highest BCUT2D eigenvalue weighted by Gasteiger charge is 2.63. The van der Waals surface area contributed by atoms with Gasteiger partial charge in [0.15, 0.2) is 12.1 Å². The second-order valence-corrected chi connectivity index (χ2v) is 11.0. The summed E-state index contributed by atoms with van der Waals surface area (Å²) in [6.07, 6.45) is -3.99. The number of ether oxygens (including phenoxy) is 4. The predicted molar refractivity (Wildman–Crippen MR) is 117 cm³/mol. The highest BCUT2D eigenvalue weighted by atomic mass is 32.2. The normalized spacial score (nSPS) is 35.6. The van der Waals surface area contributed by atoms with Crippen LogP contribution in [-0.2, 0) is 33.2 Å². The quantitative estimate of drug-likeness (QED) is 0.673. The summed E-state index contributed by atoms with van der Waals surface area (Å²) in [6.45, 7) is 5.29. The fraction of sp³-hybridized carbons (Fsp3) is 0.500. The van der Waals surface area contributed by atoms with Crippen LogP contribution in [0.1, 0.15) is 37.7 Å². The molecule has 33 heavy (non-hydrogen) atoms. The van der Waals surface area contributed by atoms with Gasteiger partial charge in [0.2, 0.25) is 0 Å². The third-order valence-electron chi connectivity index (χ3n) is 6.30. The van der Waals surface area contributed by atoms with Crippen molar-refractivity contribution in [3.8, 4) is 0 Å². The summed E-state index contributed by atoms with van der Waals surface area (Å²) in [5, 5.41) is 11.5. The first-order valence-corrected chi connectivity index (χ1v) is 12.4. The van der Waals surface area contributed by atoms with Crippen molar-refractivity contribution in [1.82, 2.24) is 0 Å². The van der Waals surface area contributed by atoms with Gasteiger partial charge in [0.05, 0.1) is 11.5 Å². The van der Waals surface area contributed by atoms with Crippen LogP contribution in [0.25, 0.3) is 0 Å². The van der Waals surface area contributed by atoms with Gasteiger partial charge in [-0.3, -0.25) is 4.18 Å². The molecule has 1 N–H and O–H groups in total. The minimum absolute atomic E-state index is 0.0391. The summed E-state index contributed by atoms with van der Waals surface area (Å²) in [4.78, 5) is 0.0391. The molecule has 178 valence electrons. The Morgan fingerprint density at radius 2 is 1.67 bits per heavy atom. The van der Waals surface area contributed by atoms with E-state index in [1.54, 1.807) is 26.0 Å². The first kappa shape index (κ1) is 22.9. The molecule has 5 rings (SSSR count). The van der Waals surface area contributed by atoms with Gasteiger partial charge < -0.3 is 24.1 Å². The van der Waals surface area contributed by atoms with Gasteiger partial charge in [-0.05, 0) is 32.9 Å². The molecule has 0 bridgehead atoms. The van der Waals surface area contributed by atoms with Gasteiger partial charge in [-0.25, -0.2) is 0 Å². The maximum Gasteiger partial charge on any atom is 0.297 e. The van der Waals surface area contributed by atoms with E-state index in [-0.39, 0.29) is 17.9 Å². The highest BCUT2D eigenvalue weighted by molar-refractivity contribution is 7.86. The number of hydrogen-bond donors (Lipinski definition) is 1. The second-order valence-electron chi connectivity index (χ2n) is 9.38. The largest absolute Gasteiger partial charge is 0.385 e. The summed E-state index contributed by atoms with van der Waals surface area (Å²) in [7, 11) is -4.10. The Bertz CT molecular complexity index is 1100. The molecule has 1 saturated carbocycles. The Kier molecular flexibility index (Phi) is 5.64. The number of fused-ring (bicyclic) bond motifs is 3. The SMILES string of the molecule is Cc1ccc(S(=O)(=O)O[C@@H]2C[C@]3(O)CO[C@@H](c4ccccc4)O[C@H]3[C@@H]3OC(C)(C)O[C@H]32)cc1. The molecule has 0 spiro atoms. The lowest BCUT2D eigenvalue weighted by Crippen LogP contribution is -2.67. The lowest BCUT2D eigenvalue weighted by Gasteiger charge is -2.50. The van der Waals surface area contributed by atoms with Crippen LogP contribution in [0.5, 0.6) is 0 Å². The van der Waals surface area contributed by atoms with Crippen LogP contribution < -0.4 is 0 Å². The van der Waals surface area contributed by atoms with Gasteiger partial charge in [0.1, 0.15) is 30.0 Å². The zero-order valence-electron chi connectivity index (χ0n) is 18.7. The topological polar surface area (TPSA) is 101 Å². The molecule has 8 nitrogen and oxygen atoms in total. The third kappa shape index (κ3) is 4.35. The molecule has 0 unspecified atom stereocenters. The van der Waals surface area contributed by atoms with Gasteiger partial charge in [-0.2, -0.15) is 8.42 Å². The zero-order valence-corrected chi connectivity index (χ0v) is 19.5. The van der Waals surface area contributed by atoms with Crippen LogP contribution in [0.2, 0.25) is 0 Å². The highest BCUT2D eigenvalue weighted by Crippen LogP contribution is 2.47. The van der Waals surface area contributed by atoms with Gasteiger partial charge in [-0.15, -0.1) is 0 Å². The van der Waals surface area contributed by atoms with Crippen LogP contribution in [0, 0.1) is 6.92 Å². The van der Waals surface area contributed by atoms with Crippen LogP contribution in [0.15, 0.2) is 59.5 Å². The first-order valence-electron chi connectivity index (χ1n) is 11.0. The van der Waals surface area contributed by atoms with E-state index in [4.69, 9.17) is 23.1 Å². The molecule has 6 atom stereocenters. The molecule has 0 aromatic heterocycles. The standard InChI is InChI=1S/C24H28O8S/c1-15-9-11-17(12-10-15)33(26,27)32-18-13-24(25)14-28-22(16-7-5-4-6-8-16)29-21(24)20-19(18)30-23(2,3)31-20/h4-12,18-22,25H,13-14H2,1-3H3/t18-,19+,20-,21+,22-,24+/m1/s1. The monoisotopic (exact) mass is 476 g/mol. The molecule has 2 saturated heterocycles. The Hall–Kier alpha value is -1.85. The van der Waals surface area contributed by atoms with Crippen molar-refractivity contribution in [2.75, 3.05) is 6.61 Å². The molecule has 3 aliphatic rings. The molecule has 0 amide bonds. The number of rotatable bonds is 4. The second kappa shape index (κ2) is 8.13. The third-order valence-corrected chi connectivity index (χ3v) is 7.65. The van der Waals surface area contributed by atoms with Crippen molar-refractivity contribution >= 4 is 10.1 Å². The molecule has 9 heteroatoms. The smallest absolute Gasteiger partial charge is 0.297 e. The summed E-state index contributed by atoms with van der Waals surface area (Å²) in [5.74, 6) is -1.00. The number of benzene rings is 2. The van der Waals surface area contributed by atoms with E-state index < -0.39 is 52.2 Å². The molecule has 1 aliphatic carbocycles. The summed E-state index contributed by atoms with van der Waals surface area (Å²) >= 11 is 0. The van der Waals surface area contributed by atoms with Crippen molar-refractivity contribution in [1.29, 1.82) is 0 Å². The molecule has 0 radical (unpaired) electrons. The average molecular weight is 477 g/mol. The van der Waals surface area contributed by atoms with E-state index in [9.17, 15) is 13.5 Å². The fourth-order valence-corrected chi connectivity index (χ4v) is 5.84. The lowest BCUT2D eigenvalue weighted by atomic mass is 9.77.